The van der Waals surface area contributed by atoms with E-state index in [-0.39, 0.29) is 5.91 Å². The number of nitrogens with zero attached hydrogens (tertiary/aromatic N) is 2. The fourth-order valence-corrected chi connectivity index (χ4v) is 3.73. The van der Waals surface area contributed by atoms with Crippen LogP contribution in [0, 0.1) is 0 Å². The van der Waals surface area contributed by atoms with Crippen LogP contribution in [0.15, 0.2) is 103 Å². The Morgan fingerprint density at radius 3 is 2.49 bits per heavy atom. The highest BCUT2D eigenvalue weighted by Crippen LogP contribution is 2.35. The van der Waals surface area contributed by atoms with Crippen molar-refractivity contribution in [2.75, 3.05) is 37.0 Å². The average Bonchev–Trinajstić information content (AvgIpc) is 2.89. The number of benzene rings is 3. The Kier molecular flexibility index (Phi) is 8.52. The van der Waals surface area contributed by atoms with Crippen LogP contribution in [-0.2, 0) is 11.4 Å². The van der Waals surface area contributed by atoms with E-state index in [0.29, 0.717) is 24.7 Å². The summed E-state index contributed by atoms with van der Waals surface area (Å²) in [6, 6.07) is 27.2. The number of anilines is 4. The van der Waals surface area contributed by atoms with Gasteiger partial charge in [-0.05, 0) is 61.6 Å². The molecule has 4 rings (SSSR count). The quantitative estimate of drug-likeness (QED) is 0.245. The van der Waals surface area contributed by atoms with Gasteiger partial charge in [-0.15, -0.1) is 0 Å². The van der Waals surface area contributed by atoms with Gasteiger partial charge in [-0.2, -0.15) is 0 Å². The van der Waals surface area contributed by atoms with Gasteiger partial charge in [0.2, 0.25) is 5.91 Å². The topological polar surface area (TPSA) is 92.5 Å². The lowest BCUT2D eigenvalue weighted by molar-refractivity contribution is -0.111. The highest BCUT2D eigenvalue weighted by molar-refractivity contribution is 5.99. The summed E-state index contributed by atoms with van der Waals surface area (Å²) in [6.07, 6.45) is 5.02. The van der Waals surface area contributed by atoms with Crippen molar-refractivity contribution in [1.29, 1.82) is 0 Å². The van der Waals surface area contributed by atoms with Crippen LogP contribution in [0.2, 0.25) is 0 Å². The van der Waals surface area contributed by atoms with E-state index in [2.05, 4.69) is 15.6 Å². The summed E-state index contributed by atoms with van der Waals surface area (Å²) in [5.74, 6) is 1.01. The van der Waals surface area contributed by atoms with Crippen LogP contribution in [0.3, 0.4) is 0 Å². The molecule has 188 valence electrons. The van der Waals surface area contributed by atoms with Crippen LogP contribution in [0.5, 0.6) is 5.75 Å². The van der Waals surface area contributed by atoms with Crippen molar-refractivity contribution in [3.63, 3.8) is 0 Å². The predicted molar refractivity (Wildman–Crippen MR) is 151 cm³/mol. The smallest absolute Gasteiger partial charge is 0.248 e. The summed E-state index contributed by atoms with van der Waals surface area (Å²) in [5.41, 5.74) is 11.4. The monoisotopic (exact) mass is 493 g/mol. The number of amides is 1. The maximum atomic E-state index is 12.2. The van der Waals surface area contributed by atoms with Gasteiger partial charge in [0.1, 0.15) is 18.2 Å². The zero-order valence-electron chi connectivity index (χ0n) is 21.0. The minimum Gasteiger partial charge on any atom is -0.489 e. The van der Waals surface area contributed by atoms with E-state index in [1.54, 1.807) is 6.20 Å². The highest BCUT2D eigenvalue weighted by Gasteiger charge is 2.11. The zero-order chi connectivity index (χ0) is 26.0. The van der Waals surface area contributed by atoms with Crippen molar-refractivity contribution in [2.24, 2.45) is 0 Å². The number of likely N-dealkylation sites (N-methyl/N-ethyl adjacent to an activating group) is 1. The number of hydrogen-bond donors (Lipinski definition) is 3. The maximum absolute atomic E-state index is 12.2. The van der Waals surface area contributed by atoms with E-state index in [0.717, 1.165) is 33.8 Å². The Balaban J connectivity index is 1.47. The Morgan fingerprint density at radius 2 is 1.73 bits per heavy atom. The van der Waals surface area contributed by atoms with Crippen molar-refractivity contribution in [3.8, 4) is 16.9 Å². The normalized spacial score (nSPS) is 11.0. The number of carbonyl (C=O) groups excluding carboxylic acids is 1. The molecule has 7 heteroatoms. The van der Waals surface area contributed by atoms with Crippen LogP contribution in [0.25, 0.3) is 11.1 Å². The van der Waals surface area contributed by atoms with Gasteiger partial charge >= 0.3 is 0 Å². The molecule has 0 atom stereocenters. The number of nitrogen functional groups attached to an aromatic ring is 1. The molecule has 1 heterocycles. The number of nitrogens with one attached hydrogen (secondary N) is 2. The molecule has 3 aromatic carbocycles. The summed E-state index contributed by atoms with van der Waals surface area (Å²) in [7, 11) is 3.90. The third-order valence-electron chi connectivity index (χ3n) is 5.52. The van der Waals surface area contributed by atoms with E-state index in [1.165, 1.54) is 6.08 Å². The lowest BCUT2D eigenvalue weighted by Crippen LogP contribution is -2.13. The van der Waals surface area contributed by atoms with E-state index >= 15 is 0 Å². The summed E-state index contributed by atoms with van der Waals surface area (Å²) < 4.78 is 5.92. The molecule has 0 saturated carbocycles. The highest BCUT2D eigenvalue weighted by atomic mass is 16.5. The lowest BCUT2D eigenvalue weighted by atomic mass is 10.0. The third-order valence-corrected chi connectivity index (χ3v) is 5.52. The van der Waals surface area contributed by atoms with Gasteiger partial charge in [-0.25, -0.2) is 4.98 Å². The first kappa shape index (κ1) is 25.5. The predicted octanol–water partition coefficient (Wildman–Crippen LogP) is 5.71. The van der Waals surface area contributed by atoms with E-state index in [4.69, 9.17) is 10.5 Å². The van der Waals surface area contributed by atoms with Crippen molar-refractivity contribution < 1.29 is 9.53 Å². The molecule has 7 nitrogen and oxygen atoms in total. The summed E-state index contributed by atoms with van der Waals surface area (Å²) in [5, 5.41) is 6.31. The number of aromatic nitrogens is 1. The number of ether oxygens (including phenoxy) is 1. The summed E-state index contributed by atoms with van der Waals surface area (Å²) >= 11 is 0. The summed E-state index contributed by atoms with van der Waals surface area (Å²) in [4.78, 5) is 18.5. The Morgan fingerprint density at radius 1 is 0.973 bits per heavy atom. The lowest BCUT2D eigenvalue weighted by Gasteiger charge is -2.15. The van der Waals surface area contributed by atoms with Crippen molar-refractivity contribution in [2.45, 2.75) is 6.61 Å². The van der Waals surface area contributed by atoms with Crippen LogP contribution >= 0.6 is 0 Å². The number of rotatable bonds is 10. The Hall–Kier alpha value is -4.62. The van der Waals surface area contributed by atoms with Gasteiger partial charge in [0.05, 0.1) is 5.69 Å². The fraction of sp³-hybridized carbons (Fsp3) is 0.133. The molecule has 1 aromatic heterocycles. The second-order valence-electron chi connectivity index (χ2n) is 8.78. The molecular formula is C30H31N5O2. The number of pyridine rings is 1. The van der Waals surface area contributed by atoms with Gasteiger partial charge in [-0.1, -0.05) is 54.6 Å². The molecule has 0 fully saturated rings. The van der Waals surface area contributed by atoms with Crippen molar-refractivity contribution in [1.82, 2.24) is 9.88 Å². The second kappa shape index (κ2) is 12.4. The first-order chi connectivity index (χ1) is 18.0. The summed E-state index contributed by atoms with van der Waals surface area (Å²) in [6.45, 7) is 1.20. The van der Waals surface area contributed by atoms with Gasteiger partial charge < -0.3 is 26.0 Å². The van der Waals surface area contributed by atoms with Crippen LogP contribution in [-0.4, -0.2) is 36.4 Å². The molecule has 0 aliphatic carbocycles. The van der Waals surface area contributed by atoms with E-state index in [9.17, 15) is 4.79 Å². The molecule has 1 amide bonds. The average molecular weight is 494 g/mol. The number of nitrogens with two attached hydrogens (primary N) is 1. The van der Waals surface area contributed by atoms with Crippen LogP contribution in [0.1, 0.15) is 5.56 Å². The minimum atomic E-state index is -0.178. The second-order valence-corrected chi connectivity index (χ2v) is 8.78. The molecule has 0 aliphatic rings. The molecule has 0 bridgehead atoms. The molecule has 0 aliphatic heterocycles. The number of carbonyl (C=O) groups is 1. The maximum Gasteiger partial charge on any atom is 0.248 e. The van der Waals surface area contributed by atoms with Crippen LogP contribution in [0.4, 0.5) is 22.9 Å². The molecule has 0 radical (unpaired) electrons. The first-order valence-corrected chi connectivity index (χ1v) is 12.0. The van der Waals surface area contributed by atoms with Gasteiger partial charge in [0, 0.05) is 35.8 Å². The standard InChI is InChI=1S/C30H31N5O2/c1-35(2)19-7-12-28(36)34-25-11-6-10-24(20-25)33-27-17-18-32-30(31)29(27)23-13-15-26(16-14-23)37-21-22-8-4-3-5-9-22/h3-18,20H,19,21H2,1-2H3,(H,34,36)(H3,31,32,33). The Labute approximate surface area is 217 Å². The van der Waals surface area contributed by atoms with Crippen molar-refractivity contribution >= 4 is 28.8 Å². The van der Waals surface area contributed by atoms with E-state index in [1.807, 2.05) is 110 Å². The minimum absolute atomic E-state index is 0.178. The van der Waals surface area contributed by atoms with Gasteiger partial charge in [0.15, 0.2) is 0 Å². The molecule has 37 heavy (non-hydrogen) atoms. The Bertz CT molecular complexity index is 1350. The molecule has 4 aromatic rings. The third kappa shape index (κ3) is 7.43. The molecule has 4 N–H and O–H groups in total. The largest absolute Gasteiger partial charge is 0.489 e. The number of hydrogen-bond acceptors (Lipinski definition) is 6. The van der Waals surface area contributed by atoms with E-state index < -0.39 is 0 Å². The molecular weight excluding hydrogens is 462 g/mol. The molecule has 0 unspecified atom stereocenters. The fourth-order valence-electron chi connectivity index (χ4n) is 3.73. The zero-order valence-corrected chi connectivity index (χ0v) is 21.0. The van der Waals surface area contributed by atoms with Crippen LogP contribution < -0.4 is 21.1 Å². The van der Waals surface area contributed by atoms with Gasteiger partial charge in [0.25, 0.3) is 0 Å². The van der Waals surface area contributed by atoms with Crippen molar-refractivity contribution in [3.05, 3.63) is 109 Å². The molecule has 0 saturated heterocycles. The SMILES string of the molecule is CN(C)CC=CC(=O)Nc1cccc(Nc2ccnc(N)c2-c2ccc(OCc3ccccc3)cc2)c1. The van der Waals surface area contributed by atoms with Gasteiger partial charge in [-0.3, -0.25) is 4.79 Å². The molecule has 0 spiro atoms. The first-order valence-electron chi connectivity index (χ1n) is 12.0.